The monoisotopic (exact) mass is 876 g/mol. The maximum Gasteiger partial charge on any atom is 0.407 e. The van der Waals surface area contributed by atoms with Crippen molar-refractivity contribution in [2.45, 2.75) is 109 Å². The number of rotatable bonds is 14. The number of aliphatic hydroxyl groups excluding tert-OH is 1. The van der Waals surface area contributed by atoms with E-state index >= 15 is 0 Å². The predicted molar refractivity (Wildman–Crippen MR) is 239 cm³/mol. The molecule has 0 spiro atoms. The fraction of sp³-hybridized carbons (Fsp3) is 0.500. The van der Waals surface area contributed by atoms with E-state index in [-0.39, 0.29) is 67.6 Å². The average Bonchev–Trinajstić information content (AvgIpc) is 3.52. The van der Waals surface area contributed by atoms with Crippen LogP contribution < -0.4 is 10.6 Å². The predicted octanol–water partition coefficient (Wildman–Crippen LogP) is 6.92. The van der Waals surface area contributed by atoms with Crippen LogP contribution >= 0.6 is 0 Å². The number of allylic oxidation sites excluding steroid dienone is 4. The van der Waals surface area contributed by atoms with Crippen molar-refractivity contribution >= 4 is 51.9 Å². The van der Waals surface area contributed by atoms with Gasteiger partial charge in [-0.2, -0.15) is 0 Å². The Morgan fingerprint density at radius 3 is 2.45 bits per heavy atom. The lowest BCUT2D eigenvalue weighted by Crippen LogP contribution is -2.61. The van der Waals surface area contributed by atoms with Gasteiger partial charge in [0.05, 0.1) is 37.2 Å². The van der Waals surface area contributed by atoms with Gasteiger partial charge in [-0.05, 0) is 112 Å². The van der Waals surface area contributed by atoms with E-state index in [1.807, 2.05) is 43.3 Å². The lowest BCUT2D eigenvalue weighted by molar-refractivity contribution is -0.151. The number of alkyl carbamates (subject to hydrolysis) is 1. The number of aliphatic hydroxyl groups is 2. The minimum Gasteiger partial charge on any atom is -0.465 e. The fourth-order valence-electron chi connectivity index (χ4n) is 10.9. The smallest absolute Gasteiger partial charge is 0.407 e. The molecule has 5 N–H and O–H groups in total. The topological polar surface area (TPSA) is 214 Å². The zero-order valence-electron chi connectivity index (χ0n) is 37.3. The minimum atomic E-state index is -1.57. The Kier molecular flexibility index (Phi) is 13.3. The summed E-state index contributed by atoms with van der Waals surface area (Å²) in [5.74, 6) is -2.39. The molecule has 340 valence electrons. The fourth-order valence-corrected chi connectivity index (χ4v) is 10.9. The first kappa shape index (κ1) is 46.3. The number of aromatic nitrogens is 1. The van der Waals surface area contributed by atoms with E-state index in [1.54, 1.807) is 63.5 Å². The molecule has 3 fully saturated rings. The molecular formula is C50H60N4O10. The number of hydrogen-bond donors (Lipinski definition) is 5. The summed E-state index contributed by atoms with van der Waals surface area (Å²) in [6.45, 7) is 8.89. The molecule has 14 nitrogen and oxygen atoms in total. The summed E-state index contributed by atoms with van der Waals surface area (Å²) >= 11 is 0. The van der Waals surface area contributed by atoms with Gasteiger partial charge in [0.15, 0.2) is 5.78 Å². The van der Waals surface area contributed by atoms with Gasteiger partial charge in [0.2, 0.25) is 5.91 Å². The molecule has 4 aliphatic rings. The van der Waals surface area contributed by atoms with Gasteiger partial charge in [0.25, 0.3) is 0 Å². The van der Waals surface area contributed by atoms with Gasteiger partial charge < -0.3 is 40.5 Å². The van der Waals surface area contributed by atoms with Crippen LogP contribution in [0.15, 0.2) is 84.7 Å². The third kappa shape index (κ3) is 9.68. The molecular weight excluding hydrogens is 817 g/mol. The molecule has 2 amide bonds. The highest BCUT2D eigenvalue weighted by molar-refractivity contribution is 6.01. The molecule has 4 aliphatic carbocycles. The van der Waals surface area contributed by atoms with E-state index in [0.29, 0.717) is 30.5 Å². The van der Waals surface area contributed by atoms with E-state index in [2.05, 4.69) is 22.5 Å². The van der Waals surface area contributed by atoms with Crippen molar-refractivity contribution in [3.63, 3.8) is 0 Å². The largest absolute Gasteiger partial charge is 0.465 e. The van der Waals surface area contributed by atoms with Gasteiger partial charge in [0.1, 0.15) is 17.8 Å². The normalized spacial score (nSPS) is 27.5. The zero-order chi connectivity index (χ0) is 46.0. The summed E-state index contributed by atoms with van der Waals surface area (Å²) in [6, 6.07) is 14.6. The van der Waals surface area contributed by atoms with Crippen LogP contribution in [0.5, 0.6) is 0 Å². The highest BCUT2D eigenvalue weighted by Gasteiger charge is 2.67. The van der Waals surface area contributed by atoms with Gasteiger partial charge in [-0.15, -0.1) is 0 Å². The zero-order valence-corrected chi connectivity index (χ0v) is 37.3. The van der Waals surface area contributed by atoms with Crippen LogP contribution in [0.4, 0.5) is 10.5 Å². The molecule has 0 radical (unpaired) electrons. The van der Waals surface area contributed by atoms with E-state index < -0.39 is 58.7 Å². The van der Waals surface area contributed by atoms with Gasteiger partial charge in [-0.3, -0.25) is 24.2 Å². The number of amides is 2. The van der Waals surface area contributed by atoms with Crippen molar-refractivity contribution in [2.24, 2.45) is 28.6 Å². The number of pyridine rings is 1. The first-order valence-electron chi connectivity index (χ1n) is 22.2. The highest BCUT2D eigenvalue weighted by Crippen LogP contribution is 2.67. The Morgan fingerprint density at radius 1 is 0.984 bits per heavy atom. The maximum atomic E-state index is 13.7. The highest BCUT2D eigenvalue weighted by atomic mass is 16.6. The molecule has 1 unspecified atom stereocenters. The number of fused-ring (bicyclic) bond motifs is 6. The van der Waals surface area contributed by atoms with Crippen LogP contribution in [-0.4, -0.2) is 87.7 Å². The molecule has 1 aromatic heterocycles. The molecule has 2 aromatic carbocycles. The molecule has 8 atom stereocenters. The number of benzene rings is 2. The lowest BCUT2D eigenvalue weighted by atomic mass is 9.46. The second-order valence-corrected chi connectivity index (χ2v) is 19.3. The van der Waals surface area contributed by atoms with Crippen molar-refractivity contribution < 1.29 is 48.4 Å². The number of ketones is 1. The molecule has 3 saturated carbocycles. The SMILES string of the molecule is CC(C)(C)OC(=O)NCC(C(=O)Nc1ccc2cnccc2c1)c1ccc(CCOC(=O)CCC(=O)OCC(=N)[C@@]2(O)CC[C@H]3[C@@H]4CCC5=CC(=O)C=C[C@]5(C)[C@H]4[C@@H](O)C[C@@]32C)cc1. The molecule has 0 aliphatic heterocycles. The summed E-state index contributed by atoms with van der Waals surface area (Å²) < 4.78 is 16.2. The van der Waals surface area contributed by atoms with Gasteiger partial charge in [-0.25, -0.2) is 4.79 Å². The van der Waals surface area contributed by atoms with Crippen molar-refractivity contribution in [1.29, 1.82) is 5.41 Å². The van der Waals surface area contributed by atoms with Gasteiger partial charge in [0, 0.05) is 53.2 Å². The summed E-state index contributed by atoms with van der Waals surface area (Å²) in [4.78, 5) is 67.8. The standard InChI is InChI=1S/C50H60N4O10/c1-47(2,3)64-46(60)53-28-38(45(59)54-35-12-10-33-27-52-22-18-32(33)24-35)31-8-6-30(7-9-31)19-23-62-42(57)14-15-43(58)63-29-41(51)50(61)21-17-39-37-13-11-34-25-36(55)16-20-48(34,4)44(37)40(56)26-49(39,50)5/h6-10,12,16,18,20,22,24-25,27,37-40,44,51,56,61H,11,13-15,17,19,21,23,26,28-29H2,1-5H3,(H,53,60)(H,54,59)/t37-,38?,39-,40-,44+,48-,49-,50-/m0/s1. The number of carbonyl (C=O) groups excluding carboxylic acids is 5. The molecule has 0 saturated heterocycles. The van der Waals surface area contributed by atoms with Crippen molar-refractivity contribution in [1.82, 2.24) is 10.3 Å². The Bertz CT molecular complexity index is 2370. The lowest BCUT2D eigenvalue weighted by Gasteiger charge is -2.59. The number of esters is 2. The van der Waals surface area contributed by atoms with E-state index in [1.165, 1.54) is 0 Å². The molecule has 3 aromatic rings. The first-order chi connectivity index (χ1) is 30.3. The second kappa shape index (κ2) is 18.4. The molecule has 64 heavy (non-hydrogen) atoms. The second-order valence-electron chi connectivity index (χ2n) is 19.3. The summed E-state index contributed by atoms with van der Waals surface area (Å²) in [5, 5.41) is 40.2. The Labute approximate surface area is 373 Å². The van der Waals surface area contributed by atoms with Crippen molar-refractivity contribution in [3.05, 3.63) is 95.9 Å². The third-order valence-electron chi connectivity index (χ3n) is 14.2. The first-order valence-corrected chi connectivity index (χ1v) is 22.2. The molecule has 0 bridgehead atoms. The summed E-state index contributed by atoms with van der Waals surface area (Å²) in [7, 11) is 0. The van der Waals surface area contributed by atoms with Crippen LogP contribution in [0, 0.1) is 34.0 Å². The van der Waals surface area contributed by atoms with Gasteiger partial charge in [-0.1, -0.05) is 55.8 Å². The molecule has 7 rings (SSSR count). The quantitative estimate of drug-likeness (QED) is 0.0637. The number of ether oxygens (including phenoxy) is 3. The Morgan fingerprint density at radius 2 is 1.72 bits per heavy atom. The van der Waals surface area contributed by atoms with Gasteiger partial charge >= 0.3 is 18.0 Å². The number of carbonyl (C=O) groups is 5. The van der Waals surface area contributed by atoms with E-state index in [0.717, 1.165) is 34.8 Å². The van der Waals surface area contributed by atoms with Crippen LogP contribution in [0.3, 0.4) is 0 Å². The Balaban J connectivity index is 0.872. The Hall–Kier alpha value is -5.73. The summed E-state index contributed by atoms with van der Waals surface area (Å²) in [6.07, 6.45) is 9.92. The van der Waals surface area contributed by atoms with Crippen LogP contribution in [-0.2, 0) is 39.8 Å². The number of hydrogen-bond acceptors (Lipinski definition) is 12. The van der Waals surface area contributed by atoms with Crippen molar-refractivity contribution in [3.8, 4) is 0 Å². The van der Waals surface area contributed by atoms with Crippen LogP contribution in [0.25, 0.3) is 10.8 Å². The summed E-state index contributed by atoms with van der Waals surface area (Å²) in [5.41, 5.74) is -0.536. The number of nitrogens with one attached hydrogen (secondary N) is 3. The minimum absolute atomic E-state index is 0.0213. The maximum absolute atomic E-state index is 13.7. The van der Waals surface area contributed by atoms with Crippen molar-refractivity contribution in [2.75, 3.05) is 25.1 Å². The third-order valence-corrected chi connectivity index (χ3v) is 14.2. The van der Waals surface area contributed by atoms with E-state index in [4.69, 9.17) is 19.6 Å². The van der Waals surface area contributed by atoms with Crippen LogP contribution in [0.2, 0.25) is 0 Å². The van der Waals surface area contributed by atoms with E-state index in [9.17, 15) is 34.2 Å². The number of anilines is 1. The average molecular weight is 877 g/mol. The van der Waals surface area contributed by atoms with Crippen LogP contribution in [0.1, 0.15) is 96.6 Å². The molecule has 1 heterocycles. The number of nitrogens with zero attached hydrogens (tertiary/aromatic N) is 1. The molecule has 14 heteroatoms.